The van der Waals surface area contributed by atoms with E-state index in [-0.39, 0.29) is 12.2 Å². The van der Waals surface area contributed by atoms with Gasteiger partial charge < -0.3 is 4.74 Å². The minimum atomic E-state index is -4.23. The van der Waals surface area contributed by atoms with Gasteiger partial charge in [-0.3, -0.25) is 0 Å². The van der Waals surface area contributed by atoms with E-state index in [1.807, 2.05) is 0 Å². The molecule has 110 valence electrons. The second-order valence-electron chi connectivity index (χ2n) is 4.80. The van der Waals surface area contributed by atoms with Crippen LogP contribution in [0.5, 0.6) is 0 Å². The molecule has 1 aromatic rings. The molecule has 1 aromatic carbocycles. The molecular formula is C13H14ClFO4S. The van der Waals surface area contributed by atoms with Crippen LogP contribution in [0.3, 0.4) is 0 Å². The zero-order valence-electron chi connectivity index (χ0n) is 10.6. The standard InChI is InChI=1S/C13H14ClFO4S/c14-20(17,18)12-8-10(4-5-11(12)15)13(16)19-7-6-9-2-1-3-9/h4-5,8-9H,1-3,6-7H2. The number of ether oxygens (including phenoxy) is 1. The Bertz CT molecular complexity index is 611. The number of hydrogen-bond donors (Lipinski definition) is 0. The zero-order valence-corrected chi connectivity index (χ0v) is 12.2. The van der Waals surface area contributed by atoms with Crippen LogP contribution in [0.25, 0.3) is 0 Å². The molecule has 0 atom stereocenters. The first-order valence-corrected chi connectivity index (χ1v) is 8.60. The highest BCUT2D eigenvalue weighted by Gasteiger charge is 2.20. The molecule has 0 heterocycles. The maximum absolute atomic E-state index is 13.3. The first-order valence-electron chi connectivity index (χ1n) is 6.29. The average molecular weight is 321 g/mol. The van der Waals surface area contributed by atoms with Crippen LogP contribution in [0.2, 0.25) is 0 Å². The van der Waals surface area contributed by atoms with Crippen LogP contribution in [0.1, 0.15) is 36.0 Å². The Hall–Kier alpha value is -1.14. The lowest BCUT2D eigenvalue weighted by atomic mass is 9.83. The third-order valence-electron chi connectivity index (χ3n) is 3.41. The van der Waals surface area contributed by atoms with Crippen LogP contribution in [0.4, 0.5) is 4.39 Å². The van der Waals surface area contributed by atoms with Crippen molar-refractivity contribution < 1.29 is 22.3 Å². The van der Waals surface area contributed by atoms with Crippen LogP contribution < -0.4 is 0 Å². The predicted molar refractivity (Wildman–Crippen MR) is 71.7 cm³/mol. The van der Waals surface area contributed by atoms with Crippen molar-refractivity contribution in [2.45, 2.75) is 30.6 Å². The van der Waals surface area contributed by atoms with Crippen LogP contribution in [-0.2, 0) is 13.8 Å². The lowest BCUT2D eigenvalue weighted by Gasteiger charge is -2.24. The summed E-state index contributed by atoms with van der Waals surface area (Å²) in [5.74, 6) is -1.06. The molecule has 0 saturated heterocycles. The van der Waals surface area contributed by atoms with E-state index in [0.29, 0.717) is 5.92 Å². The smallest absolute Gasteiger partial charge is 0.338 e. The van der Waals surface area contributed by atoms with Gasteiger partial charge in [-0.05, 0) is 30.5 Å². The van der Waals surface area contributed by atoms with E-state index in [0.717, 1.165) is 31.4 Å². The number of halogens is 2. The van der Waals surface area contributed by atoms with Crippen molar-refractivity contribution in [2.24, 2.45) is 5.92 Å². The number of hydrogen-bond acceptors (Lipinski definition) is 4. The van der Waals surface area contributed by atoms with Crippen molar-refractivity contribution in [2.75, 3.05) is 6.61 Å². The lowest BCUT2D eigenvalue weighted by Crippen LogP contribution is -2.15. The summed E-state index contributed by atoms with van der Waals surface area (Å²) in [5, 5.41) is 0. The van der Waals surface area contributed by atoms with Gasteiger partial charge in [0.1, 0.15) is 10.7 Å². The summed E-state index contributed by atoms with van der Waals surface area (Å²) < 4.78 is 40.7. The summed E-state index contributed by atoms with van der Waals surface area (Å²) in [6, 6.07) is 2.95. The molecule has 0 radical (unpaired) electrons. The van der Waals surface area contributed by atoms with Crippen molar-refractivity contribution in [3.63, 3.8) is 0 Å². The first kappa shape index (κ1) is 15.3. The summed E-state index contributed by atoms with van der Waals surface area (Å²) in [6.45, 7) is 0.282. The molecule has 0 unspecified atom stereocenters. The third-order valence-corrected chi connectivity index (χ3v) is 4.75. The highest BCUT2D eigenvalue weighted by Crippen LogP contribution is 2.29. The molecule has 0 aliphatic heterocycles. The van der Waals surface area contributed by atoms with Crippen molar-refractivity contribution in [1.82, 2.24) is 0 Å². The van der Waals surface area contributed by atoms with Gasteiger partial charge in [-0.2, -0.15) is 0 Å². The van der Waals surface area contributed by atoms with Crippen molar-refractivity contribution in [1.29, 1.82) is 0 Å². The van der Waals surface area contributed by atoms with Gasteiger partial charge in [0.15, 0.2) is 0 Å². The fraction of sp³-hybridized carbons (Fsp3) is 0.462. The molecule has 1 aliphatic rings. The van der Waals surface area contributed by atoms with Crippen LogP contribution in [0.15, 0.2) is 23.1 Å². The normalized spacial score (nSPS) is 15.7. The van der Waals surface area contributed by atoms with Gasteiger partial charge in [-0.25, -0.2) is 17.6 Å². The van der Waals surface area contributed by atoms with Gasteiger partial charge in [0.2, 0.25) is 0 Å². The fourth-order valence-corrected chi connectivity index (χ4v) is 2.92. The van der Waals surface area contributed by atoms with Gasteiger partial charge in [0.25, 0.3) is 9.05 Å². The second kappa shape index (κ2) is 6.10. The Labute approximate surface area is 121 Å². The first-order chi connectivity index (χ1) is 9.38. The Kier molecular flexibility index (Phi) is 4.65. The van der Waals surface area contributed by atoms with E-state index in [9.17, 15) is 17.6 Å². The van der Waals surface area contributed by atoms with Gasteiger partial charge in [-0.15, -0.1) is 0 Å². The number of carbonyl (C=O) groups is 1. The molecule has 0 aromatic heterocycles. The van der Waals surface area contributed by atoms with Gasteiger partial charge >= 0.3 is 5.97 Å². The number of carbonyl (C=O) groups excluding carboxylic acids is 1. The second-order valence-corrected chi connectivity index (χ2v) is 7.34. The number of esters is 1. The molecule has 1 aliphatic carbocycles. The Morgan fingerprint density at radius 2 is 2.10 bits per heavy atom. The topological polar surface area (TPSA) is 60.4 Å². The highest BCUT2D eigenvalue weighted by molar-refractivity contribution is 8.13. The van der Waals surface area contributed by atoms with Crippen molar-refractivity contribution in [3.8, 4) is 0 Å². The largest absolute Gasteiger partial charge is 0.462 e. The van der Waals surface area contributed by atoms with Crippen molar-refractivity contribution in [3.05, 3.63) is 29.6 Å². The highest BCUT2D eigenvalue weighted by atomic mass is 35.7. The number of benzene rings is 1. The van der Waals surface area contributed by atoms with Gasteiger partial charge in [0.05, 0.1) is 12.2 Å². The molecule has 0 spiro atoms. The summed E-state index contributed by atoms with van der Waals surface area (Å²) in [6.07, 6.45) is 4.33. The molecule has 7 heteroatoms. The molecule has 1 saturated carbocycles. The van der Waals surface area contributed by atoms with E-state index in [1.54, 1.807) is 0 Å². The van der Waals surface area contributed by atoms with Crippen LogP contribution in [0, 0.1) is 11.7 Å². The monoisotopic (exact) mass is 320 g/mol. The summed E-state index contributed by atoms with van der Waals surface area (Å²) in [7, 11) is 0.864. The fourth-order valence-electron chi connectivity index (χ4n) is 2.00. The zero-order chi connectivity index (χ0) is 14.8. The Balaban J connectivity index is 2.02. The SMILES string of the molecule is O=C(OCCC1CCC1)c1ccc(F)c(S(=O)(=O)Cl)c1. The lowest BCUT2D eigenvalue weighted by molar-refractivity contribution is 0.0464. The van der Waals surface area contributed by atoms with Crippen LogP contribution >= 0.6 is 10.7 Å². The predicted octanol–water partition coefficient (Wildman–Crippen LogP) is 3.10. The van der Waals surface area contributed by atoms with Gasteiger partial charge in [-0.1, -0.05) is 19.3 Å². The maximum atomic E-state index is 13.3. The van der Waals surface area contributed by atoms with E-state index < -0.39 is 25.7 Å². The van der Waals surface area contributed by atoms with E-state index in [4.69, 9.17) is 15.4 Å². The van der Waals surface area contributed by atoms with Crippen LogP contribution in [-0.4, -0.2) is 21.0 Å². The quantitative estimate of drug-likeness (QED) is 0.618. The van der Waals surface area contributed by atoms with E-state index in [2.05, 4.69) is 0 Å². The Morgan fingerprint density at radius 1 is 1.40 bits per heavy atom. The summed E-state index contributed by atoms with van der Waals surface area (Å²) in [5.41, 5.74) is -0.0285. The van der Waals surface area contributed by atoms with Gasteiger partial charge in [0, 0.05) is 10.7 Å². The molecular weight excluding hydrogens is 307 g/mol. The Morgan fingerprint density at radius 3 is 2.65 bits per heavy atom. The van der Waals surface area contributed by atoms with E-state index in [1.165, 1.54) is 12.5 Å². The maximum Gasteiger partial charge on any atom is 0.338 e. The third kappa shape index (κ3) is 3.70. The molecule has 0 amide bonds. The molecule has 0 N–H and O–H groups in total. The van der Waals surface area contributed by atoms with Crippen molar-refractivity contribution >= 4 is 25.7 Å². The molecule has 2 rings (SSSR count). The molecule has 4 nitrogen and oxygen atoms in total. The number of rotatable bonds is 5. The minimum Gasteiger partial charge on any atom is -0.462 e. The summed E-state index contributed by atoms with van der Waals surface area (Å²) in [4.78, 5) is 11.0. The van der Waals surface area contributed by atoms with E-state index >= 15 is 0 Å². The summed E-state index contributed by atoms with van der Waals surface area (Å²) >= 11 is 0. The molecule has 1 fully saturated rings. The molecule has 0 bridgehead atoms. The minimum absolute atomic E-state index is 0.0285. The molecule has 20 heavy (non-hydrogen) atoms. The average Bonchev–Trinajstić information content (AvgIpc) is 2.31.